The molecule has 0 radical (unpaired) electrons. The Bertz CT molecular complexity index is 865. The largest absolute Gasteiger partial charge is 0.756 e. The number of phosphoric ester groups is 1. The van der Waals surface area contributed by atoms with E-state index in [-0.39, 0.29) is 19.1 Å². The SMILES string of the molecule is CCCCCC/C=C\CCCC(=O)NC(COP(=O)([O-])OCC[N+](C)(C)C)C(O)CCCCCCCCCCCCCCCCCCCCCCC. The first kappa shape index (κ1) is 51.2. The van der Waals surface area contributed by atoms with Crippen molar-refractivity contribution in [2.75, 3.05) is 40.9 Å². The highest BCUT2D eigenvalue weighted by molar-refractivity contribution is 7.45. The van der Waals surface area contributed by atoms with Crippen molar-refractivity contribution in [3.63, 3.8) is 0 Å². The number of rotatable bonds is 40. The Kier molecular flexibility index (Phi) is 35.4. The second-order valence-corrected chi connectivity index (χ2v) is 17.8. The molecule has 0 spiro atoms. The average molecular weight is 759 g/mol. The third-order valence-electron chi connectivity index (χ3n) is 10.0. The fraction of sp³-hybridized carbons (Fsp3) is 0.930. The van der Waals surface area contributed by atoms with Crippen molar-refractivity contribution in [2.24, 2.45) is 0 Å². The number of aliphatic hydroxyl groups excluding tert-OH is 1. The Labute approximate surface area is 322 Å². The van der Waals surface area contributed by atoms with E-state index in [1.54, 1.807) is 0 Å². The van der Waals surface area contributed by atoms with Crippen LogP contribution < -0.4 is 10.2 Å². The molecule has 0 aromatic rings. The predicted octanol–water partition coefficient (Wildman–Crippen LogP) is 11.3. The maximum atomic E-state index is 12.8. The first-order valence-corrected chi connectivity index (χ1v) is 23.5. The highest BCUT2D eigenvalue weighted by Gasteiger charge is 2.24. The lowest BCUT2D eigenvalue weighted by Gasteiger charge is -2.30. The smallest absolute Gasteiger partial charge is 0.268 e. The van der Waals surface area contributed by atoms with Crippen molar-refractivity contribution in [1.82, 2.24) is 5.32 Å². The Morgan fingerprint density at radius 2 is 1.06 bits per heavy atom. The first-order valence-electron chi connectivity index (χ1n) is 22.0. The summed E-state index contributed by atoms with van der Waals surface area (Å²) < 4.78 is 23.2. The van der Waals surface area contributed by atoms with Crippen molar-refractivity contribution < 1.29 is 32.9 Å². The standard InChI is InChI=1S/C43H87N2O6P/c1-6-8-10-12-14-16-17-18-19-20-21-22-23-24-25-26-27-29-30-32-34-36-42(46)41(40-51-52(48,49)50-39-38-45(3,4)5)44-43(47)37-35-33-31-28-15-13-11-9-7-2/h28,31,41-42,46H,6-27,29-30,32-40H2,1-5H3,(H-,44,47,48,49)/b31-28-. The van der Waals surface area contributed by atoms with Crippen molar-refractivity contribution in [3.8, 4) is 0 Å². The van der Waals surface area contributed by atoms with Crippen molar-refractivity contribution in [3.05, 3.63) is 12.2 Å². The molecule has 9 heteroatoms. The average Bonchev–Trinajstić information content (AvgIpc) is 3.09. The summed E-state index contributed by atoms with van der Waals surface area (Å²) in [6.45, 7) is 4.67. The zero-order valence-corrected chi connectivity index (χ0v) is 35.9. The van der Waals surface area contributed by atoms with Crippen LogP contribution in [0.3, 0.4) is 0 Å². The van der Waals surface area contributed by atoms with Crippen LogP contribution in [0.2, 0.25) is 0 Å². The van der Waals surface area contributed by atoms with Crippen LogP contribution in [0, 0.1) is 0 Å². The Morgan fingerprint density at radius 1 is 0.654 bits per heavy atom. The molecule has 0 heterocycles. The normalized spacial score (nSPS) is 14.5. The van der Waals surface area contributed by atoms with E-state index in [4.69, 9.17) is 9.05 Å². The van der Waals surface area contributed by atoms with Crippen LogP contribution in [0.1, 0.15) is 206 Å². The molecule has 3 unspecified atom stereocenters. The third kappa shape index (κ3) is 37.6. The Morgan fingerprint density at radius 3 is 1.50 bits per heavy atom. The zero-order valence-electron chi connectivity index (χ0n) is 35.0. The minimum atomic E-state index is -4.56. The van der Waals surface area contributed by atoms with E-state index in [0.29, 0.717) is 30.3 Å². The minimum Gasteiger partial charge on any atom is -0.756 e. The molecule has 0 fully saturated rings. The molecule has 2 N–H and O–H groups in total. The molecule has 1 amide bonds. The number of likely N-dealkylation sites (N-methyl/N-ethyl adjacent to an activating group) is 1. The van der Waals surface area contributed by atoms with E-state index in [9.17, 15) is 19.4 Å². The van der Waals surface area contributed by atoms with Gasteiger partial charge in [-0.3, -0.25) is 9.36 Å². The fourth-order valence-corrected chi connectivity index (χ4v) is 7.18. The van der Waals surface area contributed by atoms with Crippen molar-refractivity contribution >= 4 is 13.7 Å². The monoisotopic (exact) mass is 759 g/mol. The van der Waals surface area contributed by atoms with Gasteiger partial charge in [-0.05, 0) is 32.1 Å². The molecule has 0 aliphatic heterocycles. The Hall–Kier alpha value is -0.760. The number of carbonyl (C=O) groups is 1. The summed E-state index contributed by atoms with van der Waals surface area (Å²) in [5.74, 6) is -0.200. The molecule has 3 atom stereocenters. The summed E-state index contributed by atoms with van der Waals surface area (Å²) in [7, 11) is 1.29. The van der Waals surface area contributed by atoms with Crippen LogP contribution in [-0.2, 0) is 18.4 Å². The number of phosphoric acid groups is 1. The number of allylic oxidation sites excluding steroid dienone is 2. The molecule has 0 bridgehead atoms. The summed E-state index contributed by atoms with van der Waals surface area (Å²) in [6, 6.07) is -0.809. The van der Waals surface area contributed by atoms with Crippen LogP contribution in [0.15, 0.2) is 12.2 Å². The van der Waals surface area contributed by atoms with Gasteiger partial charge >= 0.3 is 0 Å². The van der Waals surface area contributed by atoms with E-state index in [0.717, 1.165) is 32.1 Å². The number of amides is 1. The molecule has 0 aromatic heterocycles. The van der Waals surface area contributed by atoms with E-state index < -0.39 is 20.0 Å². The predicted molar refractivity (Wildman–Crippen MR) is 219 cm³/mol. The van der Waals surface area contributed by atoms with Crippen LogP contribution in [0.5, 0.6) is 0 Å². The topological polar surface area (TPSA) is 108 Å². The number of quaternary nitrogens is 1. The number of nitrogens with zero attached hydrogens (tertiary/aromatic N) is 1. The number of hydrogen-bond acceptors (Lipinski definition) is 6. The van der Waals surface area contributed by atoms with Crippen LogP contribution in [0.25, 0.3) is 0 Å². The Balaban J connectivity index is 4.24. The molecule has 0 aliphatic rings. The van der Waals surface area contributed by atoms with Gasteiger partial charge in [-0.25, -0.2) is 0 Å². The molecule has 0 aromatic carbocycles. The van der Waals surface area contributed by atoms with Gasteiger partial charge in [-0.1, -0.05) is 180 Å². The van der Waals surface area contributed by atoms with Gasteiger partial charge in [0.15, 0.2) is 0 Å². The summed E-state index contributed by atoms with van der Waals surface area (Å²) in [5, 5.41) is 13.8. The van der Waals surface area contributed by atoms with Gasteiger partial charge in [0.05, 0.1) is 39.9 Å². The lowest BCUT2D eigenvalue weighted by atomic mass is 10.0. The fourth-order valence-electron chi connectivity index (χ4n) is 6.46. The minimum absolute atomic E-state index is 0.00934. The maximum absolute atomic E-state index is 12.8. The molecule has 0 saturated carbocycles. The third-order valence-corrected chi connectivity index (χ3v) is 11.0. The van der Waals surface area contributed by atoms with E-state index in [2.05, 4.69) is 31.3 Å². The van der Waals surface area contributed by atoms with E-state index in [1.165, 1.54) is 141 Å². The number of aliphatic hydroxyl groups is 1. The second-order valence-electron chi connectivity index (χ2n) is 16.4. The quantitative estimate of drug-likeness (QED) is 0.0279. The van der Waals surface area contributed by atoms with Gasteiger partial charge in [-0.2, -0.15) is 0 Å². The lowest BCUT2D eigenvalue weighted by Crippen LogP contribution is -2.46. The van der Waals surface area contributed by atoms with Crippen LogP contribution in [0.4, 0.5) is 0 Å². The van der Waals surface area contributed by atoms with Gasteiger partial charge in [-0.15, -0.1) is 0 Å². The van der Waals surface area contributed by atoms with Gasteiger partial charge < -0.3 is 28.8 Å². The molecule has 8 nitrogen and oxygen atoms in total. The first-order chi connectivity index (χ1) is 25.0. The number of hydrogen-bond donors (Lipinski definition) is 2. The summed E-state index contributed by atoms with van der Waals surface area (Å²) in [5.41, 5.74) is 0. The number of nitrogens with one attached hydrogen (secondary N) is 1. The van der Waals surface area contributed by atoms with Gasteiger partial charge in [0.25, 0.3) is 7.82 Å². The molecular formula is C43H87N2O6P. The van der Waals surface area contributed by atoms with E-state index in [1.807, 2.05) is 21.1 Å². The maximum Gasteiger partial charge on any atom is 0.268 e. The molecule has 0 rings (SSSR count). The van der Waals surface area contributed by atoms with Gasteiger partial charge in [0.2, 0.25) is 5.91 Å². The molecule has 0 saturated heterocycles. The lowest BCUT2D eigenvalue weighted by molar-refractivity contribution is -0.870. The molecule has 310 valence electrons. The van der Waals surface area contributed by atoms with Crippen LogP contribution >= 0.6 is 7.82 Å². The summed E-state index contributed by atoms with van der Waals surface area (Å²) in [6.07, 6.45) is 39.5. The summed E-state index contributed by atoms with van der Waals surface area (Å²) >= 11 is 0. The van der Waals surface area contributed by atoms with Crippen molar-refractivity contribution in [1.29, 1.82) is 0 Å². The summed E-state index contributed by atoms with van der Waals surface area (Å²) in [4.78, 5) is 25.2. The highest BCUT2D eigenvalue weighted by atomic mass is 31.2. The second kappa shape index (κ2) is 35.9. The molecule has 52 heavy (non-hydrogen) atoms. The van der Waals surface area contributed by atoms with E-state index >= 15 is 0 Å². The van der Waals surface area contributed by atoms with Crippen LogP contribution in [-0.4, -0.2) is 68.5 Å². The van der Waals surface area contributed by atoms with Crippen molar-refractivity contribution in [2.45, 2.75) is 219 Å². The molecule has 0 aliphatic carbocycles. The highest BCUT2D eigenvalue weighted by Crippen LogP contribution is 2.38. The van der Waals surface area contributed by atoms with Gasteiger partial charge in [0.1, 0.15) is 13.2 Å². The molecular weight excluding hydrogens is 671 g/mol. The van der Waals surface area contributed by atoms with Gasteiger partial charge in [0, 0.05) is 6.42 Å². The number of carbonyl (C=O) groups excluding carboxylic acids is 1. The number of unbranched alkanes of at least 4 members (excludes halogenated alkanes) is 25. The zero-order chi connectivity index (χ0) is 38.6.